The topological polar surface area (TPSA) is 46.0 Å². The number of aryl methyl sites for hydroxylation is 1. The van der Waals surface area contributed by atoms with Gasteiger partial charge >= 0.3 is 0 Å². The highest BCUT2D eigenvalue weighted by Gasteiger charge is 2.25. The molecule has 1 aliphatic heterocycles. The van der Waals surface area contributed by atoms with E-state index in [1.165, 1.54) is 12.8 Å². The highest BCUT2D eigenvalue weighted by molar-refractivity contribution is 4.93. The molecule has 102 valence electrons. The fourth-order valence-electron chi connectivity index (χ4n) is 2.71. The summed E-state index contributed by atoms with van der Waals surface area (Å²) in [6.45, 7) is 8.94. The Morgan fingerprint density at radius 2 is 2.33 bits per heavy atom. The number of likely N-dealkylation sites (tertiary alicyclic amines) is 1. The number of nitrogens with zero attached hydrogens (tertiary/aromatic N) is 4. The van der Waals surface area contributed by atoms with Crippen molar-refractivity contribution in [3.05, 3.63) is 11.9 Å². The number of hydrogen-bond donors (Lipinski definition) is 1. The number of piperidine rings is 1. The molecule has 1 aromatic rings. The molecule has 1 aromatic heterocycles. The monoisotopic (exact) mass is 251 g/mol. The zero-order valence-corrected chi connectivity index (χ0v) is 11.8. The normalized spacial score (nSPS) is 25.5. The molecule has 18 heavy (non-hydrogen) atoms. The maximum absolute atomic E-state index is 4.16. The lowest BCUT2D eigenvalue weighted by Gasteiger charge is -2.37. The third kappa shape index (κ3) is 3.53. The predicted molar refractivity (Wildman–Crippen MR) is 72.1 cm³/mol. The predicted octanol–water partition coefficient (Wildman–Crippen LogP) is 1.03. The Morgan fingerprint density at radius 1 is 1.50 bits per heavy atom. The van der Waals surface area contributed by atoms with Crippen molar-refractivity contribution in [3.8, 4) is 0 Å². The molecule has 0 radical (unpaired) electrons. The Bertz CT molecular complexity index is 362. The van der Waals surface area contributed by atoms with E-state index in [-0.39, 0.29) is 0 Å². The first-order valence-electron chi connectivity index (χ1n) is 7.00. The van der Waals surface area contributed by atoms with Gasteiger partial charge in [0.15, 0.2) is 0 Å². The second-order valence-corrected chi connectivity index (χ2v) is 5.45. The lowest BCUT2D eigenvalue weighted by atomic mass is 9.93. The molecule has 2 atom stereocenters. The van der Waals surface area contributed by atoms with Gasteiger partial charge in [-0.25, -0.2) is 0 Å². The van der Waals surface area contributed by atoms with Crippen LogP contribution in [0.5, 0.6) is 0 Å². The number of aromatic nitrogens is 3. The van der Waals surface area contributed by atoms with E-state index in [1.54, 1.807) is 4.68 Å². The maximum atomic E-state index is 4.16. The first kappa shape index (κ1) is 13.5. The summed E-state index contributed by atoms with van der Waals surface area (Å²) in [5.74, 6) is 0.710. The average Bonchev–Trinajstić information content (AvgIpc) is 2.74. The van der Waals surface area contributed by atoms with Gasteiger partial charge in [-0.1, -0.05) is 19.1 Å². The lowest BCUT2D eigenvalue weighted by Crippen LogP contribution is -2.48. The smallest absolute Gasteiger partial charge is 0.0967 e. The molecular formula is C13H25N5. The summed E-state index contributed by atoms with van der Waals surface area (Å²) in [7, 11) is 1.92. The van der Waals surface area contributed by atoms with Crippen LogP contribution < -0.4 is 5.32 Å². The van der Waals surface area contributed by atoms with Crippen LogP contribution in [0.4, 0.5) is 0 Å². The van der Waals surface area contributed by atoms with Crippen LogP contribution in [0, 0.1) is 5.92 Å². The van der Waals surface area contributed by atoms with Crippen molar-refractivity contribution in [3.63, 3.8) is 0 Å². The molecule has 1 N–H and O–H groups in total. The molecule has 5 heteroatoms. The van der Waals surface area contributed by atoms with Gasteiger partial charge in [0.2, 0.25) is 0 Å². The Labute approximate surface area is 110 Å². The van der Waals surface area contributed by atoms with E-state index >= 15 is 0 Å². The number of nitrogens with one attached hydrogen (secondary N) is 1. The summed E-state index contributed by atoms with van der Waals surface area (Å²) in [6.07, 6.45) is 4.46. The van der Waals surface area contributed by atoms with Crippen molar-refractivity contribution in [2.45, 2.75) is 39.3 Å². The summed E-state index contributed by atoms with van der Waals surface area (Å²) >= 11 is 0. The van der Waals surface area contributed by atoms with Crippen molar-refractivity contribution >= 4 is 0 Å². The Kier molecular flexibility index (Phi) is 4.72. The molecule has 0 aliphatic carbocycles. The molecule has 1 saturated heterocycles. The summed E-state index contributed by atoms with van der Waals surface area (Å²) < 4.78 is 1.77. The molecule has 0 aromatic carbocycles. The van der Waals surface area contributed by atoms with E-state index in [1.807, 2.05) is 13.2 Å². The summed E-state index contributed by atoms with van der Waals surface area (Å²) in [5.41, 5.74) is 1.07. The van der Waals surface area contributed by atoms with Gasteiger partial charge in [-0.15, -0.1) is 5.10 Å². The Hall–Kier alpha value is -0.940. The fourth-order valence-corrected chi connectivity index (χ4v) is 2.71. The highest BCUT2D eigenvalue weighted by atomic mass is 15.4. The second-order valence-electron chi connectivity index (χ2n) is 5.45. The van der Waals surface area contributed by atoms with Gasteiger partial charge in [0.1, 0.15) is 0 Å². The molecule has 2 rings (SSSR count). The van der Waals surface area contributed by atoms with Crippen molar-refractivity contribution in [1.82, 2.24) is 25.2 Å². The van der Waals surface area contributed by atoms with E-state index < -0.39 is 0 Å². The van der Waals surface area contributed by atoms with E-state index in [9.17, 15) is 0 Å². The minimum absolute atomic E-state index is 0.683. The molecule has 5 nitrogen and oxygen atoms in total. The van der Waals surface area contributed by atoms with Crippen LogP contribution in [0.15, 0.2) is 6.20 Å². The number of hydrogen-bond acceptors (Lipinski definition) is 4. The van der Waals surface area contributed by atoms with Crippen LogP contribution in [0.1, 0.15) is 32.4 Å². The molecule has 1 fully saturated rings. The van der Waals surface area contributed by atoms with Crippen LogP contribution in [0.25, 0.3) is 0 Å². The number of rotatable bonds is 5. The van der Waals surface area contributed by atoms with Gasteiger partial charge < -0.3 is 5.32 Å². The minimum Gasteiger partial charge on any atom is -0.314 e. The van der Waals surface area contributed by atoms with Crippen LogP contribution in [-0.4, -0.2) is 45.6 Å². The van der Waals surface area contributed by atoms with Crippen LogP contribution in [0.2, 0.25) is 0 Å². The molecule has 2 heterocycles. The van der Waals surface area contributed by atoms with Crippen molar-refractivity contribution in [1.29, 1.82) is 0 Å². The fraction of sp³-hybridized carbons (Fsp3) is 0.846. The molecule has 0 spiro atoms. The molecule has 1 aliphatic rings. The van der Waals surface area contributed by atoms with Gasteiger partial charge in [-0.2, -0.15) is 0 Å². The highest BCUT2D eigenvalue weighted by Crippen LogP contribution is 2.18. The van der Waals surface area contributed by atoms with Crippen LogP contribution >= 0.6 is 0 Å². The third-order valence-corrected chi connectivity index (χ3v) is 3.68. The molecule has 0 bridgehead atoms. The van der Waals surface area contributed by atoms with E-state index in [0.29, 0.717) is 12.0 Å². The van der Waals surface area contributed by atoms with Gasteiger partial charge in [0.25, 0.3) is 0 Å². The SMILES string of the molecule is CCCNC1CCN(Cc2cn(C)nn2)CC1C. The summed E-state index contributed by atoms with van der Waals surface area (Å²) in [5, 5.41) is 11.8. The lowest BCUT2D eigenvalue weighted by molar-refractivity contribution is 0.140. The van der Waals surface area contributed by atoms with Gasteiger partial charge in [0.05, 0.1) is 5.69 Å². The van der Waals surface area contributed by atoms with Crippen LogP contribution in [-0.2, 0) is 13.6 Å². The zero-order valence-electron chi connectivity index (χ0n) is 11.8. The Balaban J connectivity index is 1.80. The van der Waals surface area contributed by atoms with E-state index in [2.05, 4.69) is 34.4 Å². The van der Waals surface area contributed by atoms with Gasteiger partial charge in [0, 0.05) is 38.9 Å². The summed E-state index contributed by atoms with van der Waals surface area (Å²) in [6, 6.07) is 0.683. The first-order valence-corrected chi connectivity index (χ1v) is 7.00. The minimum atomic E-state index is 0.683. The average molecular weight is 251 g/mol. The molecule has 2 unspecified atom stereocenters. The zero-order chi connectivity index (χ0) is 13.0. The Morgan fingerprint density at radius 3 is 2.94 bits per heavy atom. The standard InChI is InChI=1S/C13H25N5/c1-4-6-14-13-5-7-18(8-11(13)2)10-12-9-17(3)16-15-12/h9,11,13-14H,4-8,10H2,1-3H3. The molecular weight excluding hydrogens is 226 g/mol. The molecule has 0 saturated carbocycles. The van der Waals surface area contributed by atoms with Crippen molar-refractivity contribution in [2.75, 3.05) is 19.6 Å². The largest absolute Gasteiger partial charge is 0.314 e. The van der Waals surface area contributed by atoms with Crippen molar-refractivity contribution in [2.24, 2.45) is 13.0 Å². The summed E-state index contributed by atoms with van der Waals surface area (Å²) in [4.78, 5) is 2.48. The van der Waals surface area contributed by atoms with E-state index in [4.69, 9.17) is 0 Å². The van der Waals surface area contributed by atoms with E-state index in [0.717, 1.165) is 31.9 Å². The van der Waals surface area contributed by atoms with Crippen LogP contribution in [0.3, 0.4) is 0 Å². The van der Waals surface area contributed by atoms with Crippen molar-refractivity contribution < 1.29 is 0 Å². The first-order chi connectivity index (χ1) is 8.69. The van der Waals surface area contributed by atoms with Gasteiger partial charge in [-0.05, 0) is 25.3 Å². The second kappa shape index (κ2) is 6.29. The van der Waals surface area contributed by atoms with Gasteiger partial charge in [-0.3, -0.25) is 9.58 Å². The molecule has 0 amide bonds. The quantitative estimate of drug-likeness (QED) is 0.849. The third-order valence-electron chi connectivity index (χ3n) is 3.68. The maximum Gasteiger partial charge on any atom is 0.0967 e.